The van der Waals surface area contributed by atoms with E-state index in [9.17, 15) is 23.2 Å². The lowest BCUT2D eigenvalue weighted by Crippen LogP contribution is -2.61. The molecule has 6 nitrogen and oxygen atoms in total. The van der Waals surface area contributed by atoms with Crippen molar-refractivity contribution in [3.63, 3.8) is 0 Å². The molecule has 2 N–H and O–H groups in total. The number of nitrogens with one attached hydrogen (secondary N) is 2. The zero-order valence-corrected chi connectivity index (χ0v) is 15.7. The molecule has 2 unspecified atom stereocenters. The number of anilines is 2. The Labute approximate surface area is 165 Å². The minimum atomic E-state index is -4.97. The van der Waals surface area contributed by atoms with Crippen LogP contribution in [0.15, 0.2) is 6.20 Å². The van der Waals surface area contributed by atoms with Gasteiger partial charge in [-0.2, -0.15) is 18.4 Å². The fraction of sp³-hybridized carbons (Fsp3) is 0.650. The van der Waals surface area contributed by atoms with Crippen molar-refractivity contribution in [1.82, 2.24) is 4.98 Å². The number of ether oxygens (including phenoxy) is 1. The standard InChI is InChI=1S/C20H21F3N4O2/c21-20(22,23)18(28)29-19-5-10-3-11(6-19)15(12(4-10)7-19)27-16-13(8-24)9-26-17-14(16)1-2-25-17/h9-12,15H,1-7H2,(H2,25,26,27)/t10?,11?,12?,15-,19+. The van der Waals surface area contributed by atoms with Crippen LogP contribution in [0.4, 0.5) is 24.7 Å². The van der Waals surface area contributed by atoms with Crippen LogP contribution >= 0.6 is 0 Å². The van der Waals surface area contributed by atoms with Gasteiger partial charge in [-0.25, -0.2) is 9.78 Å². The molecule has 2 heterocycles. The van der Waals surface area contributed by atoms with Crippen molar-refractivity contribution in [2.24, 2.45) is 17.8 Å². The summed E-state index contributed by atoms with van der Waals surface area (Å²) in [4.78, 5) is 15.8. The number of hydrogen-bond acceptors (Lipinski definition) is 6. The van der Waals surface area contributed by atoms with E-state index in [1.54, 1.807) is 6.20 Å². The lowest BCUT2D eigenvalue weighted by Gasteiger charge is -2.59. The normalized spacial score (nSPS) is 34.3. The third-order valence-electron chi connectivity index (χ3n) is 7.04. The molecule has 29 heavy (non-hydrogen) atoms. The summed E-state index contributed by atoms with van der Waals surface area (Å²) >= 11 is 0. The van der Waals surface area contributed by atoms with Crippen molar-refractivity contribution in [2.45, 2.75) is 56.3 Å². The molecule has 4 aliphatic carbocycles. The van der Waals surface area contributed by atoms with Gasteiger partial charge >= 0.3 is 12.1 Å². The van der Waals surface area contributed by atoms with Crippen LogP contribution in [0.1, 0.15) is 43.2 Å². The minimum Gasteiger partial charge on any atom is -0.452 e. The lowest BCUT2D eigenvalue weighted by molar-refractivity contribution is -0.231. The highest BCUT2D eigenvalue weighted by Gasteiger charge is 2.59. The Morgan fingerprint density at radius 2 is 2.03 bits per heavy atom. The quantitative estimate of drug-likeness (QED) is 0.749. The number of rotatable bonds is 3. The zero-order valence-electron chi connectivity index (χ0n) is 15.7. The van der Waals surface area contributed by atoms with Crippen molar-refractivity contribution in [1.29, 1.82) is 5.26 Å². The Bertz CT molecular complexity index is 894. The van der Waals surface area contributed by atoms with Crippen molar-refractivity contribution in [2.75, 3.05) is 17.2 Å². The number of halogens is 3. The van der Waals surface area contributed by atoms with E-state index < -0.39 is 17.7 Å². The molecule has 154 valence electrons. The van der Waals surface area contributed by atoms with Gasteiger partial charge in [-0.3, -0.25) is 0 Å². The molecule has 4 bridgehead atoms. The summed E-state index contributed by atoms with van der Waals surface area (Å²) in [6.07, 6.45) is 0.583. The Morgan fingerprint density at radius 1 is 1.31 bits per heavy atom. The van der Waals surface area contributed by atoms with E-state index in [1.807, 2.05) is 0 Å². The number of hydrogen-bond donors (Lipinski definition) is 2. The highest BCUT2D eigenvalue weighted by molar-refractivity contribution is 5.76. The second-order valence-electron chi connectivity index (χ2n) is 8.87. The maximum absolute atomic E-state index is 12.8. The summed E-state index contributed by atoms with van der Waals surface area (Å²) < 4.78 is 43.4. The van der Waals surface area contributed by atoms with E-state index in [1.165, 1.54) is 0 Å². The summed E-state index contributed by atoms with van der Waals surface area (Å²) in [5.74, 6) is -0.773. The number of carbonyl (C=O) groups excluding carboxylic acids is 1. The molecule has 4 saturated carbocycles. The molecule has 4 fully saturated rings. The highest BCUT2D eigenvalue weighted by Crippen LogP contribution is 2.58. The fourth-order valence-electron chi connectivity index (χ4n) is 6.24. The van der Waals surface area contributed by atoms with Gasteiger partial charge < -0.3 is 15.4 Å². The number of carbonyl (C=O) groups is 1. The maximum Gasteiger partial charge on any atom is 0.490 e. The Hall–Kier alpha value is -2.50. The largest absolute Gasteiger partial charge is 0.490 e. The third-order valence-corrected chi connectivity index (χ3v) is 7.04. The molecular formula is C20H21F3N4O2. The topological polar surface area (TPSA) is 87.0 Å². The van der Waals surface area contributed by atoms with E-state index in [4.69, 9.17) is 4.74 Å². The highest BCUT2D eigenvalue weighted by atomic mass is 19.4. The van der Waals surface area contributed by atoms with Gasteiger partial charge in [-0.05, 0) is 56.3 Å². The molecule has 1 aromatic heterocycles. The van der Waals surface area contributed by atoms with Gasteiger partial charge in [0.15, 0.2) is 0 Å². The Morgan fingerprint density at radius 3 is 2.69 bits per heavy atom. The molecule has 0 aromatic carbocycles. The van der Waals surface area contributed by atoms with Crippen molar-refractivity contribution < 1.29 is 22.7 Å². The average molecular weight is 406 g/mol. The smallest absolute Gasteiger partial charge is 0.452 e. The van der Waals surface area contributed by atoms with Gasteiger partial charge in [0.2, 0.25) is 0 Å². The molecular weight excluding hydrogens is 385 g/mol. The van der Waals surface area contributed by atoms with Crippen LogP contribution in [0.2, 0.25) is 0 Å². The van der Waals surface area contributed by atoms with Crippen LogP contribution in [-0.2, 0) is 16.0 Å². The summed E-state index contributed by atoms with van der Waals surface area (Å²) in [7, 11) is 0. The first-order valence-corrected chi connectivity index (χ1v) is 10.0. The van der Waals surface area contributed by atoms with Gasteiger partial charge in [-0.1, -0.05) is 0 Å². The molecule has 1 aliphatic heterocycles. The molecule has 0 spiro atoms. The zero-order chi connectivity index (χ0) is 20.4. The molecule has 2 atom stereocenters. The van der Waals surface area contributed by atoms with Crippen LogP contribution in [0, 0.1) is 29.1 Å². The predicted octanol–water partition coefficient (Wildman–Crippen LogP) is 3.39. The summed E-state index contributed by atoms with van der Waals surface area (Å²) in [5, 5.41) is 16.3. The Balaban J connectivity index is 1.40. The van der Waals surface area contributed by atoms with E-state index >= 15 is 0 Å². The number of nitriles is 1. The van der Waals surface area contributed by atoms with Crippen LogP contribution in [0.3, 0.4) is 0 Å². The average Bonchev–Trinajstić information content (AvgIpc) is 3.12. The summed E-state index contributed by atoms with van der Waals surface area (Å²) in [5.41, 5.74) is 1.28. The number of fused-ring (bicyclic) bond motifs is 1. The summed E-state index contributed by atoms with van der Waals surface area (Å²) in [6.45, 7) is 0.766. The SMILES string of the molecule is N#Cc1cnc2c(c1N[C@H]1C3CC4CC1C[C@@](OC(=O)C(F)(F)F)(C4)C3)CCN2. The first kappa shape index (κ1) is 18.5. The van der Waals surface area contributed by atoms with E-state index in [0.29, 0.717) is 24.8 Å². The van der Waals surface area contributed by atoms with Crippen LogP contribution in [-0.4, -0.2) is 35.3 Å². The lowest BCUT2D eigenvalue weighted by atomic mass is 9.52. The molecule has 9 heteroatoms. The van der Waals surface area contributed by atoms with E-state index in [-0.39, 0.29) is 23.8 Å². The number of alkyl halides is 3. The predicted molar refractivity (Wildman–Crippen MR) is 97.0 cm³/mol. The first-order chi connectivity index (χ1) is 13.8. The Kier molecular flexibility index (Phi) is 3.99. The number of aromatic nitrogens is 1. The van der Waals surface area contributed by atoms with Gasteiger partial charge in [-0.15, -0.1) is 0 Å². The number of esters is 1. The van der Waals surface area contributed by atoms with Crippen LogP contribution in [0.5, 0.6) is 0 Å². The number of nitrogens with zero attached hydrogens (tertiary/aromatic N) is 2. The minimum absolute atomic E-state index is 0.0588. The first-order valence-electron chi connectivity index (χ1n) is 10.0. The van der Waals surface area contributed by atoms with E-state index in [0.717, 1.165) is 42.9 Å². The molecule has 0 saturated heterocycles. The maximum atomic E-state index is 12.8. The second-order valence-corrected chi connectivity index (χ2v) is 8.87. The molecule has 1 aromatic rings. The monoisotopic (exact) mass is 406 g/mol. The van der Waals surface area contributed by atoms with Crippen LogP contribution < -0.4 is 10.6 Å². The van der Waals surface area contributed by atoms with Gasteiger partial charge in [0.05, 0.1) is 11.3 Å². The van der Waals surface area contributed by atoms with Crippen molar-refractivity contribution >= 4 is 17.5 Å². The van der Waals surface area contributed by atoms with Gasteiger partial charge in [0.1, 0.15) is 17.5 Å². The molecule has 5 aliphatic rings. The fourth-order valence-corrected chi connectivity index (χ4v) is 6.24. The van der Waals surface area contributed by atoms with Gasteiger partial charge in [0.25, 0.3) is 0 Å². The second kappa shape index (κ2) is 6.25. The van der Waals surface area contributed by atoms with E-state index in [2.05, 4.69) is 21.7 Å². The molecule has 6 rings (SSSR count). The molecule has 0 amide bonds. The third kappa shape index (κ3) is 3.00. The summed E-state index contributed by atoms with van der Waals surface area (Å²) in [6, 6.07) is 2.26. The number of pyridine rings is 1. The van der Waals surface area contributed by atoms with Gasteiger partial charge in [0, 0.05) is 24.3 Å². The van der Waals surface area contributed by atoms with Crippen molar-refractivity contribution in [3.05, 3.63) is 17.3 Å². The van der Waals surface area contributed by atoms with Crippen LogP contribution in [0.25, 0.3) is 0 Å². The molecule has 0 radical (unpaired) electrons. The van der Waals surface area contributed by atoms with Crippen molar-refractivity contribution in [3.8, 4) is 6.07 Å².